The normalized spacial score (nSPS) is 20.2. The molecule has 1 aromatic rings. The number of halogens is 3. The van der Waals surface area contributed by atoms with Crippen LogP contribution in [0.4, 0.5) is 0 Å². The molecule has 1 aliphatic rings. The number of carbonyl (C=O) groups is 1. The van der Waals surface area contributed by atoms with Crippen molar-refractivity contribution in [3.05, 3.63) is 38.8 Å². The summed E-state index contributed by atoms with van der Waals surface area (Å²) in [6, 6.07) is 5.87. The number of esters is 1. The lowest BCUT2D eigenvalue weighted by molar-refractivity contribution is -0.136. The van der Waals surface area contributed by atoms with Crippen LogP contribution in [0.3, 0.4) is 0 Å². The van der Waals surface area contributed by atoms with Crippen molar-refractivity contribution in [2.45, 2.75) is 10.3 Å². The maximum atomic E-state index is 12.2. The molecule has 0 saturated heterocycles. The molecular weight excluding hydrogens is 367 g/mol. The van der Waals surface area contributed by atoms with E-state index in [4.69, 9.17) is 23.2 Å². The first-order valence-corrected chi connectivity index (χ1v) is 7.69. The average molecular weight is 372 g/mol. The molecule has 8 heteroatoms. The van der Waals surface area contributed by atoms with E-state index in [1.165, 1.54) is 12.1 Å². The summed E-state index contributed by atoms with van der Waals surface area (Å²) in [5, 5.41) is -0.716. The van der Waals surface area contributed by atoms with Gasteiger partial charge in [0.1, 0.15) is 10.1 Å². The van der Waals surface area contributed by atoms with Crippen LogP contribution in [0.1, 0.15) is 0 Å². The minimum atomic E-state index is -3.91. The summed E-state index contributed by atoms with van der Waals surface area (Å²) in [4.78, 5) is 11.2. The zero-order chi connectivity index (χ0) is 13.5. The molecule has 1 aromatic carbocycles. The minimum absolute atomic E-state index is 0.00647. The fraction of sp³-hybridized carbons (Fsp3) is 0.100. The summed E-state index contributed by atoms with van der Waals surface area (Å²) in [6.07, 6.45) is 0. The topological polar surface area (TPSA) is 60.4 Å². The van der Waals surface area contributed by atoms with Gasteiger partial charge >= 0.3 is 5.97 Å². The molecule has 0 bridgehead atoms. The lowest BCUT2D eigenvalue weighted by atomic mass is 10.4. The third-order valence-corrected chi connectivity index (χ3v) is 5.56. The van der Waals surface area contributed by atoms with E-state index in [1.807, 2.05) is 0 Å². The van der Waals surface area contributed by atoms with Gasteiger partial charge in [0.25, 0.3) is 0 Å². The number of hydrogen-bond acceptors (Lipinski definition) is 4. The molecule has 0 spiro atoms. The number of cyclic esters (lactones) is 1. The van der Waals surface area contributed by atoms with E-state index in [1.54, 1.807) is 12.1 Å². The summed E-state index contributed by atoms with van der Waals surface area (Å²) in [5.74, 6) is -0.938. The van der Waals surface area contributed by atoms with E-state index in [0.29, 0.717) is 0 Å². The van der Waals surface area contributed by atoms with Gasteiger partial charge in [0.05, 0.1) is 4.90 Å². The first kappa shape index (κ1) is 13.9. The molecule has 0 radical (unpaired) electrons. The number of ether oxygens (including phenoxy) is 1. The van der Waals surface area contributed by atoms with Gasteiger partial charge < -0.3 is 4.74 Å². The second-order valence-corrected chi connectivity index (χ2v) is 7.09. The predicted octanol–water partition coefficient (Wildman–Crippen LogP) is 2.79. The molecule has 18 heavy (non-hydrogen) atoms. The Bertz CT molecular complexity index is 636. The van der Waals surface area contributed by atoms with Crippen molar-refractivity contribution in [3.8, 4) is 0 Å². The molecular formula is C10H5BrCl2O4S. The Balaban J connectivity index is 2.45. The highest BCUT2D eigenvalue weighted by molar-refractivity contribution is 9.10. The van der Waals surface area contributed by atoms with E-state index >= 15 is 0 Å². The molecule has 1 atom stereocenters. The molecule has 1 unspecified atom stereocenters. The van der Waals surface area contributed by atoms with Crippen LogP contribution in [0.25, 0.3) is 0 Å². The smallest absolute Gasteiger partial charge is 0.352 e. The van der Waals surface area contributed by atoms with Crippen molar-refractivity contribution in [2.24, 2.45) is 0 Å². The predicted molar refractivity (Wildman–Crippen MR) is 69.9 cm³/mol. The van der Waals surface area contributed by atoms with E-state index in [9.17, 15) is 13.2 Å². The lowest BCUT2D eigenvalue weighted by Gasteiger charge is -2.11. The SMILES string of the molecule is O=C1OC(S(=O)(=O)c2ccc(Br)cc2)C(Cl)=C1Cl. The molecule has 0 aromatic heterocycles. The van der Waals surface area contributed by atoms with Crippen LogP contribution in [0.15, 0.2) is 43.7 Å². The summed E-state index contributed by atoms with van der Waals surface area (Å²) in [6.45, 7) is 0. The van der Waals surface area contributed by atoms with Gasteiger partial charge in [-0.2, -0.15) is 0 Å². The van der Waals surface area contributed by atoms with Crippen LogP contribution in [0, 0.1) is 0 Å². The molecule has 0 fully saturated rings. The highest BCUT2D eigenvalue weighted by atomic mass is 79.9. The summed E-state index contributed by atoms with van der Waals surface area (Å²) in [5.41, 5.74) is -1.57. The highest BCUT2D eigenvalue weighted by Gasteiger charge is 2.42. The van der Waals surface area contributed by atoms with Crippen molar-refractivity contribution in [1.29, 1.82) is 0 Å². The quantitative estimate of drug-likeness (QED) is 0.750. The molecule has 1 aliphatic heterocycles. The Labute approximate surface area is 122 Å². The molecule has 0 N–H and O–H groups in total. The number of hydrogen-bond donors (Lipinski definition) is 0. The van der Waals surface area contributed by atoms with Crippen LogP contribution < -0.4 is 0 Å². The maximum Gasteiger partial charge on any atom is 0.352 e. The van der Waals surface area contributed by atoms with Gasteiger partial charge in [0, 0.05) is 4.47 Å². The lowest BCUT2D eigenvalue weighted by Crippen LogP contribution is -2.22. The van der Waals surface area contributed by atoms with Gasteiger partial charge in [0.15, 0.2) is 0 Å². The second kappa shape index (κ2) is 4.85. The molecule has 1 heterocycles. The second-order valence-electron chi connectivity index (χ2n) is 3.40. The Morgan fingerprint density at radius 3 is 2.17 bits per heavy atom. The molecule has 0 aliphatic carbocycles. The molecule has 96 valence electrons. The van der Waals surface area contributed by atoms with E-state index in [-0.39, 0.29) is 9.93 Å². The Morgan fingerprint density at radius 2 is 1.72 bits per heavy atom. The first-order valence-electron chi connectivity index (χ1n) is 4.59. The van der Waals surface area contributed by atoms with Crippen molar-refractivity contribution in [1.82, 2.24) is 0 Å². The number of benzene rings is 1. The third kappa shape index (κ3) is 2.30. The van der Waals surface area contributed by atoms with Gasteiger partial charge in [0.2, 0.25) is 15.3 Å². The average Bonchev–Trinajstić information content (AvgIpc) is 2.58. The Morgan fingerprint density at radius 1 is 1.17 bits per heavy atom. The highest BCUT2D eigenvalue weighted by Crippen LogP contribution is 2.34. The standard InChI is InChI=1S/C10H5BrCl2O4S/c11-5-1-3-6(4-2-5)18(15,16)10-8(13)7(12)9(14)17-10/h1-4,10H. The van der Waals surface area contributed by atoms with Crippen LogP contribution in [0.5, 0.6) is 0 Å². The van der Waals surface area contributed by atoms with Crippen LogP contribution >= 0.6 is 39.1 Å². The van der Waals surface area contributed by atoms with E-state index in [2.05, 4.69) is 20.7 Å². The summed E-state index contributed by atoms with van der Waals surface area (Å²) >= 11 is 14.4. The van der Waals surface area contributed by atoms with Gasteiger partial charge in [-0.15, -0.1) is 0 Å². The Hall–Kier alpha value is -0.560. The Kier molecular flexibility index (Phi) is 3.73. The minimum Gasteiger partial charge on any atom is -0.435 e. The van der Waals surface area contributed by atoms with Crippen molar-refractivity contribution < 1.29 is 17.9 Å². The van der Waals surface area contributed by atoms with Crippen LogP contribution in [-0.2, 0) is 19.4 Å². The first-order chi connectivity index (χ1) is 8.34. The zero-order valence-corrected chi connectivity index (χ0v) is 12.5. The van der Waals surface area contributed by atoms with Gasteiger partial charge in [-0.25, -0.2) is 13.2 Å². The van der Waals surface area contributed by atoms with Crippen molar-refractivity contribution in [2.75, 3.05) is 0 Å². The number of rotatable bonds is 2. The fourth-order valence-electron chi connectivity index (χ4n) is 1.35. The van der Waals surface area contributed by atoms with Gasteiger partial charge in [-0.1, -0.05) is 39.1 Å². The van der Waals surface area contributed by atoms with Gasteiger partial charge in [-0.05, 0) is 24.3 Å². The van der Waals surface area contributed by atoms with Gasteiger partial charge in [-0.3, -0.25) is 0 Å². The summed E-state index contributed by atoms with van der Waals surface area (Å²) < 4.78 is 29.7. The van der Waals surface area contributed by atoms with E-state index < -0.39 is 26.3 Å². The molecule has 2 rings (SSSR count). The third-order valence-electron chi connectivity index (χ3n) is 2.23. The monoisotopic (exact) mass is 370 g/mol. The van der Waals surface area contributed by atoms with Crippen molar-refractivity contribution >= 4 is 54.9 Å². The van der Waals surface area contributed by atoms with E-state index in [0.717, 1.165) is 4.47 Å². The summed E-state index contributed by atoms with van der Waals surface area (Å²) in [7, 11) is -3.91. The van der Waals surface area contributed by atoms with Crippen LogP contribution in [0.2, 0.25) is 0 Å². The number of carbonyl (C=O) groups excluding carboxylic acids is 1. The number of sulfone groups is 1. The van der Waals surface area contributed by atoms with Crippen molar-refractivity contribution in [3.63, 3.8) is 0 Å². The van der Waals surface area contributed by atoms with Crippen LogP contribution in [-0.4, -0.2) is 19.8 Å². The fourth-order valence-corrected chi connectivity index (χ4v) is 3.66. The molecule has 0 amide bonds. The maximum absolute atomic E-state index is 12.2. The zero-order valence-electron chi connectivity index (χ0n) is 8.56. The largest absolute Gasteiger partial charge is 0.435 e. The molecule has 4 nitrogen and oxygen atoms in total. The molecule has 0 saturated carbocycles.